The summed E-state index contributed by atoms with van der Waals surface area (Å²) in [7, 11) is 2.08. The first-order valence-electron chi connectivity index (χ1n) is 7.81. The Balaban J connectivity index is 1.77. The van der Waals surface area contributed by atoms with Crippen LogP contribution in [0.15, 0.2) is 18.2 Å². The van der Waals surface area contributed by atoms with Crippen molar-refractivity contribution in [2.75, 3.05) is 18.5 Å². The highest BCUT2D eigenvalue weighted by Crippen LogP contribution is 2.48. The largest absolute Gasteiger partial charge is 0.374 e. The first kappa shape index (κ1) is 13.9. The fourth-order valence-electron chi connectivity index (χ4n) is 4.36. The van der Waals surface area contributed by atoms with Crippen LogP contribution in [0, 0.1) is 23.6 Å². The quantitative estimate of drug-likeness (QED) is 0.908. The molecular formula is C17H25FN2. The molecule has 1 aromatic carbocycles. The van der Waals surface area contributed by atoms with Gasteiger partial charge in [-0.1, -0.05) is 12.5 Å². The highest BCUT2D eigenvalue weighted by molar-refractivity contribution is 5.55. The number of halogens is 1. The van der Waals surface area contributed by atoms with Gasteiger partial charge in [0, 0.05) is 30.9 Å². The maximum atomic E-state index is 14.0. The topological polar surface area (TPSA) is 29.3 Å². The van der Waals surface area contributed by atoms with Crippen LogP contribution in [0.3, 0.4) is 0 Å². The van der Waals surface area contributed by atoms with Crippen molar-refractivity contribution in [1.29, 1.82) is 0 Å². The van der Waals surface area contributed by atoms with E-state index in [1.807, 2.05) is 13.0 Å². The van der Waals surface area contributed by atoms with Gasteiger partial charge in [0.15, 0.2) is 0 Å². The van der Waals surface area contributed by atoms with Crippen LogP contribution in [0.2, 0.25) is 0 Å². The molecule has 20 heavy (non-hydrogen) atoms. The van der Waals surface area contributed by atoms with Gasteiger partial charge in [-0.3, -0.25) is 0 Å². The van der Waals surface area contributed by atoms with Crippen molar-refractivity contribution in [3.63, 3.8) is 0 Å². The minimum atomic E-state index is -0.270. The van der Waals surface area contributed by atoms with Crippen molar-refractivity contribution in [3.05, 3.63) is 29.6 Å². The van der Waals surface area contributed by atoms with Gasteiger partial charge in [0.1, 0.15) is 5.82 Å². The predicted octanol–water partition coefficient (Wildman–Crippen LogP) is 3.72. The van der Waals surface area contributed by atoms with Gasteiger partial charge >= 0.3 is 0 Å². The zero-order chi connectivity index (χ0) is 14.3. The molecule has 3 rings (SSSR count). The van der Waals surface area contributed by atoms with Crippen molar-refractivity contribution in [2.24, 2.45) is 23.5 Å². The van der Waals surface area contributed by atoms with E-state index in [1.165, 1.54) is 31.7 Å². The molecule has 0 heterocycles. The van der Waals surface area contributed by atoms with Crippen molar-refractivity contribution >= 4 is 5.69 Å². The highest BCUT2D eigenvalue weighted by atomic mass is 19.1. The third-order valence-electron chi connectivity index (χ3n) is 5.29. The summed E-state index contributed by atoms with van der Waals surface area (Å²) in [6.45, 7) is 2.89. The standard InChI is InChI=1S/C17H25FN2/c1-11(19)17-15(18)4-3-5-16(17)20(2)10-14-9-12-6-7-13(14)8-12/h3-5,11-14H,6-10,19H2,1-2H3/t11-,12?,13?,14?/m1/s1. The van der Waals surface area contributed by atoms with Crippen LogP contribution in [-0.2, 0) is 0 Å². The van der Waals surface area contributed by atoms with Crippen LogP contribution < -0.4 is 10.6 Å². The van der Waals surface area contributed by atoms with Gasteiger partial charge in [0.2, 0.25) is 0 Å². The molecule has 2 fully saturated rings. The van der Waals surface area contributed by atoms with E-state index in [9.17, 15) is 4.39 Å². The maximum Gasteiger partial charge on any atom is 0.130 e. The molecule has 2 aliphatic carbocycles. The molecule has 2 nitrogen and oxygen atoms in total. The third-order valence-corrected chi connectivity index (χ3v) is 5.29. The van der Waals surface area contributed by atoms with Gasteiger partial charge in [-0.15, -0.1) is 0 Å². The molecule has 0 radical (unpaired) electrons. The molecule has 0 aliphatic heterocycles. The summed E-state index contributed by atoms with van der Waals surface area (Å²) in [5.41, 5.74) is 7.57. The SMILES string of the molecule is C[C@@H](N)c1c(F)cccc1N(C)CC1CC2CCC1C2. The van der Waals surface area contributed by atoms with E-state index in [0.717, 1.165) is 30.0 Å². The van der Waals surface area contributed by atoms with Crippen molar-refractivity contribution < 1.29 is 4.39 Å². The van der Waals surface area contributed by atoms with E-state index in [2.05, 4.69) is 11.9 Å². The molecular weight excluding hydrogens is 251 g/mol. The summed E-state index contributed by atoms with van der Waals surface area (Å²) in [5.74, 6) is 2.45. The Morgan fingerprint density at radius 1 is 1.35 bits per heavy atom. The number of hydrogen-bond donors (Lipinski definition) is 1. The van der Waals surface area contributed by atoms with Crippen LogP contribution in [-0.4, -0.2) is 13.6 Å². The number of nitrogens with zero attached hydrogens (tertiary/aromatic N) is 1. The lowest BCUT2D eigenvalue weighted by Crippen LogP contribution is -2.30. The summed E-state index contributed by atoms with van der Waals surface area (Å²) < 4.78 is 14.0. The third kappa shape index (κ3) is 2.44. The average Bonchev–Trinajstić information content (AvgIpc) is 3.00. The van der Waals surface area contributed by atoms with E-state index in [0.29, 0.717) is 5.56 Å². The fourth-order valence-corrected chi connectivity index (χ4v) is 4.36. The lowest BCUT2D eigenvalue weighted by atomic mass is 9.88. The summed E-state index contributed by atoms with van der Waals surface area (Å²) in [5, 5.41) is 0. The van der Waals surface area contributed by atoms with Crippen LogP contribution >= 0.6 is 0 Å². The van der Waals surface area contributed by atoms with Crippen LogP contribution in [0.1, 0.15) is 44.2 Å². The van der Waals surface area contributed by atoms with Gasteiger partial charge in [-0.05, 0) is 56.1 Å². The van der Waals surface area contributed by atoms with Gasteiger partial charge in [-0.25, -0.2) is 4.39 Å². The Morgan fingerprint density at radius 3 is 2.75 bits per heavy atom. The minimum Gasteiger partial charge on any atom is -0.374 e. The molecule has 2 saturated carbocycles. The summed E-state index contributed by atoms with van der Waals surface area (Å²) in [4.78, 5) is 2.22. The molecule has 3 heteroatoms. The minimum absolute atomic E-state index is 0.183. The number of fused-ring (bicyclic) bond motifs is 2. The Bertz CT molecular complexity index is 486. The lowest BCUT2D eigenvalue weighted by molar-refractivity contribution is 0.337. The molecule has 1 aromatic rings. The zero-order valence-electron chi connectivity index (χ0n) is 12.5. The Labute approximate surface area is 121 Å². The van der Waals surface area contributed by atoms with Crippen molar-refractivity contribution in [3.8, 4) is 0 Å². The Kier molecular flexibility index (Phi) is 3.72. The van der Waals surface area contributed by atoms with E-state index >= 15 is 0 Å². The molecule has 2 aliphatic rings. The Hall–Kier alpha value is -1.09. The number of anilines is 1. The van der Waals surface area contributed by atoms with E-state index in [1.54, 1.807) is 6.07 Å². The number of nitrogens with two attached hydrogens (primary N) is 1. The van der Waals surface area contributed by atoms with E-state index in [-0.39, 0.29) is 11.9 Å². The lowest BCUT2D eigenvalue weighted by Gasteiger charge is -2.30. The van der Waals surface area contributed by atoms with Crippen LogP contribution in [0.4, 0.5) is 10.1 Å². The van der Waals surface area contributed by atoms with Gasteiger partial charge < -0.3 is 10.6 Å². The zero-order valence-corrected chi connectivity index (χ0v) is 12.5. The van der Waals surface area contributed by atoms with Crippen molar-refractivity contribution in [1.82, 2.24) is 0 Å². The summed E-state index contributed by atoms with van der Waals surface area (Å²) >= 11 is 0. The van der Waals surface area contributed by atoms with Crippen LogP contribution in [0.25, 0.3) is 0 Å². The molecule has 0 spiro atoms. The number of hydrogen-bond acceptors (Lipinski definition) is 2. The molecule has 3 unspecified atom stereocenters. The Morgan fingerprint density at radius 2 is 2.15 bits per heavy atom. The molecule has 0 aromatic heterocycles. The highest BCUT2D eigenvalue weighted by Gasteiger charge is 2.39. The smallest absolute Gasteiger partial charge is 0.130 e. The molecule has 2 bridgehead atoms. The molecule has 0 saturated heterocycles. The summed E-state index contributed by atoms with van der Waals surface area (Å²) in [6, 6.07) is 5.02. The van der Waals surface area contributed by atoms with Gasteiger partial charge in [0.25, 0.3) is 0 Å². The second-order valence-electron chi connectivity index (χ2n) is 6.78. The second-order valence-corrected chi connectivity index (χ2v) is 6.78. The van der Waals surface area contributed by atoms with Crippen LogP contribution in [0.5, 0.6) is 0 Å². The summed E-state index contributed by atoms with van der Waals surface area (Å²) in [6.07, 6.45) is 5.60. The molecule has 2 N–H and O–H groups in total. The number of rotatable bonds is 4. The second kappa shape index (κ2) is 5.36. The molecule has 4 atom stereocenters. The van der Waals surface area contributed by atoms with E-state index < -0.39 is 0 Å². The molecule has 110 valence electrons. The van der Waals surface area contributed by atoms with Gasteiger partial charge in [0.05, 0.1) is 0 Å². The monoisotopic (exact) mass is 276 g/mol. The van der Waals surface area contributed by atoms with E-state index in [4.69, 9.17) is 5.73 Å². The van der Waals surface area contributed by atoms with Crippen molar-refractivity contribution in [2.45, 2.75) is 38.6 Å². The fraction of sp³-hybridized carbons (Fsp3) is 0.647. The molecule has 0 amide bonds. The normalized spacial score (nSPS) is 29.7. The maximum absolute atomic E-state index is 14.0. The first-order chi connectivity index (χ1) is 9.56. The number of benzene rings is 1. The predicted molar refractivity (Wildman–Crippen MR) is 81.2 cm³/mol. The van der Waals surface area contributed by atoms with Gasteiger partial charge in [-0.2, -0.15) is 0 Å². The first-order valence-corrected chi connectivity index (χ1v) is 7.81. The average molecular weight is 276 g/mol.